The van der Waals surface area contributed by atoms with E-state index in [4.69, 9.17) is 4.74 Å². The Labute approximate surface area is 104 Å². The highest BCUT2D eigenvalue weighted by Gasteiger charge is 2.21. The van der Waals surface area contributed by atoms with Gasteiger partial charge in [-0.2, -0.15) is 0 Å². The van der Waals surface area contributed by atoms with E-state index in [-0.39, 0.29) is 12.0 Å². The van der Waals surface area contributed by atoms with E-state index in [1.54, 1.807) is 7.11 Å². The van der Waals surface area contributed by atoms with Crippen LogP contribution in [-0.2, 0) is 9.53 Å². The number of piperidine rings is 1. The van der Waals surface area contributed by atoms with Gasteiger partial charge in [-0.3, -0.25) is 4.79 Å². The van der Waals surface area contributed by atoms with Crippen LogP contribution in [0.5, 0.6) is 0 Å². The molecule has 4 heteroatoms. The molecule has 0 aromatic heterocycles. The van der Waals surface area contributed by atoms with Crippen molar-refractivity contribution < 1.29 is 9.53 Å². The minimum absolute atomic E-state index is 0.153. The molecule has 2 N–H and O–H groups in total. The molecule has 0 radical (unpaired) electrons. The summed E-state index contributed by atoms with van der Waals surface area (Å²) >= 11 is 0. The Balaban J connectivity index is 2.20. The molecule has 1 rings (SSSR count). The van der Waals surface area contributed by atoms with Gasteiger partial charge in [0.05, 0.1) is 6.10 Å². The third-order valence-electron chi connectivity index (χ3n) is 3.66. The lowest BCUT2D eigenvalue weighted by molar-refractivity contribution is -0.122. The standard InChI is InChI=1S/C13H26N2O2/c1-10(17-3)4-5-13(16)15-11(2)12-6-8-14-9-7-12/h10-12,14H,4-9H2,1-3H3,(H,15,16). The fraction of sp³-hybridized carbons (Fsp3) is 0.923. The largest absolute Gasteiger partial charge is 0.382 e. The lowest BCUT2D eigenvalue weighted by Crippen LogP contribution is -2.42. The van der Waals surface area contributed by atoms with Crippen molar-refractivity contribution in [1.82, 2.24) is 10.6 Å². The molecule has 0 spiro atoms. The first kappa shape index (κ1) is 14.5. The van der Waals surface area contributed by atoms with Crippen LogP contribution in [0, 0.1) is 5.92 Å². The van der Waals surface area contributed by atoms with E-state index in [0.29, 0.717) is 18.4 Å². The number of nitrogens with one attached hydrogen (secondary N) is 2. The van der Waals surface area contributed by atoms with Crippen molar-refractivity contribution in [1.29, 1.82) is 0 Å². The summed E-state index contributed by atoms with van der Waals surface area (Å²) in [6.45, 7) is 6.26. The van der Waals surface area contributed by atoms with Gasteiger partial charge in [-0.15, -0.1) is 0 Å². The van der Waals surface area contributed by atoms with E-state index in [2.05, 4.69) is 17.6 Å². The van der Waals surface area contributed by atoms with E-state index in [1.807, 2.05) is 6.92 Å². The fourth-order valence-corrected chi connectivity index (χ4v) is 2.24. The third-order valence-corrected chi connectivity index (χ3v) is 3.66. The predicted octanol–water partition coefficient (Wildman–Crippen LogP) is 1.31. The van der Waals surface area contributed by atoms with Crippen molar-refractivity contribution in [2.24, 2.45) is 5.92 Å². The van der Waals surface area contributed by atoms with Crippen LogP contribution in [0.25, 0.3) is 0 Å². The van der Waals surface area contributed by atoms with Crippen molar-refractivity contribution in [3.05, 3.63) is 0 Å². The van der Waals surface area contributed by atoms with Gasteiger partial charge in [0.1, 0.15) is 0 Å². The predicted molar refractivity (Wildman–Crippen MR) is 68.9 cm³/mol. The number of methoxy groups -OCH3 is 1. The highest BCUT2D eigenvalue weighted by Crippen LogP contribution is 2.16. The SMILES string of the molecule is COC(C)CCC(=O)NC(C)C1CCNCC1. The van der Waals surface area contributed by atoms with Crippen LogP contribution in [0.3, 0.4) is 0 Å². The van der Waals surface area contributed by atoms with Gasteiger partial charge in [0, 0.05) is 19.6 Å². The molecule has 0 aliphatic carbocycles. The maximum atomic E-state index is 11.7. The van der Waals surface area contributed by atoms with Gasteiger partial charge in [-0.25, -0.2) is 0 Å². The molecule has 0 saturated carbocycles. The van der Waals surface area contributed by atoms with Gasteiger partial charge in [0.2, 0.25) is 5.91 Å². The number of hydrogen-bond acceptors (Lipinski definition) is 3. The third kappa shape index (κ3) is 5.50. The highest BCUT2D eigenvalue weighted by molar-refractivity contribution is 5.76. The Hall–Kier alpha value is -0.610. The Morgan fingerprint density at radius 1 is 1.41 bits per heavy atom. The first-order chi connectivity index (χ1) is 8.13. The summed E-state index contributed by atoms with van der Waals surface area (Å²) in [7, 11) is 1.68. The molecule has 100 valence electrons. The van der Waals surface area contributed by atoms with Gasteiger partial charge in [0.15, 0.2) is 0 Å². The maximum absolute atomic E-state index is 11.7. The quantitative estimate of drug-likeness (QED) is 0.738. The lowest BCUT2D eigenvalue weighted by atomic mass is 9.91. The second-order valence-electron chi connectivity index (χ2n) is 5.03. The Kier molecular flexibility index (Phi) is 6.52. The topological polar surface area (TPSA) is 50.4 Å². The van der Waals surface area contributed by atoms with Crippen molar-refractivity contribution in [2.75, 3.05) is 20.2 Å². The fourth-order valence-electron chi connectivity index (χ4n) is 2.24. The normalized spacial score (nSPS) is 20.9. The molecular weight excluding hydrogens is 216 g/mol. The van der Waals surface area contributed by atoms with Crippen molar-refractivity contribution in [3.8, 4) is 0 Å². The molecule has 2 unspecified atom stereocenters. The van der Waals surface area contributed by atoms with Crippen LogP contribution in [-0.4, -0.2) is 38.3 Å². The van der Waals surface area contributed by atoms with Crippen LogP contribution < -0.4 is 10.6 Å². The second-order valence-corrected chi connectivity index (χ2v) is 5.03. The molecule has 1 amide bonds. The first-order valence-corrected chi connectivity index (χ1v) is 6.66. The first-order valence-electron chi connectivity index (χ1n) is 6.66. The van der Waals surface area contributed by atoms with E-state index in [0.717, 1.165) is 32.4 Å². The minimum Gasteiger partial charge on any atom is -0.382 e. The van der Waals surface area contributed by atoms with E-state index < -0.39 is 0 Å². The van der Waals surface area contributed by atoms with Crippen LogP contribution in [0.15, 0.2) is 0 Å². The van der Waals surface area contributed by atoms with Gasteiger partial charge in [-0.05, 0) is 52.1 Å². The summed E-state index contributed by atoms with van der Waals surface area (Å²) < 4.78 is 5.13. The number of ether oxygens (including phenoxy) is 1. The Morgan fingerprint density at radius 2 is 2.06 bits per heavy atom. The summed E-state index contributed by atoms with van der Waals surface area (Å²) in [6, 6.07) is 0.294. The number of amides is 1. The molecule has 1 saturated heterocycles. The number of carbonyl (C=O) groups is 1. The molecule has 0 aromatic carbocycles. The Morgan fingerprint density at radius 3 is 2.65 bits per heavy atom. The van der Waals surface area contributed by atoms with Crippen LogP contribution in [0.1, 0.15) is 39.5 Å². The summed E-state index contributed by atoms with van der Waals surface area (Å²) in [5.74, 6) is 0.778. The van der Waals surface area contributed by atoms with E-state index in [1.165, 1.54) is 0 Å². The number of carbonyl (C=O) groups excluding carboxylic acids is 1. The zero-order valence-corrected chi connectivity index (χ0v) is 11.3. The zero-order chi connectivity index (χ0) is 12.7. The molecule has 0 bridgehead atoms. The molecule has 1 aliphatic heterocycles. The molecule has 1 aliphatic rings. The zero-order valence-electron chi connectivity index (χ0n) is 11.3. The molecular formula is C13H26N2O2. The number of hydrogen-bond donors (Lipinski definition) is 2. The molecule has 2 atom stereocenters. The van der Waals surface area contributed by atoms with Gasteiger partial charge < -0.3 is 15.4 Å². The Bertz CT molecular complexity index is 227. The molecule has 17 heavy (non-hydrogen) atoms. The summed E-state index contributed by atoms with van der Waals surface area (Å²) in [5.41, 5.74) is 0. The van der Waals surface area contributed by atoms with E-state index in [9.17, 15) is 4.79 Å². The average molecular weight is 242 g/mol. The van der Waals surface area contributed by atoms with Crippen LogP contribution in [0.4, 0.5) is 0 Å². The molecule has 4 nitrogen and oxygen atoms in total. The monoisotopic (exact) mass is 242 g/mol. The summed E-state index contributed by atoms with van der Waals surface area (Å²) in [4.78, 5) is 11.7. The number of rotatable bonds is 6. The lowest BCUT2D eigenvalue weighted by Gasteiger charge is -2.28. The van der Waals surface area contributed by atoms with Crippen molar-refractivity contribution in [3.63, 3.8) is 0 Å². The summed E-state index contributed by atoms with van der Waals surface area (Å²) in [5, 5.41) is 6.45. The van der Waals surface area contributed by atoms with Gasteiger partial charge in [-0.1, -0.05) is 0 Å². The average Bonchev–Trinajstić information content (AvgIpc) is 2.36. The van der Waals surface area contributed by atoms with E-state index >= 15 is 0 Å². The second kappa shape index (κ2) is 7.67. The van der Waals surface area contributed by atoms with Gasteiger partial charge >= 0.3 is 0 Å². The highest BCUT2D eigenvalue weighted by atomic mass is 16.5. The molecule has 0 aromatic rings. The van der Waals surface area contributed by atoms with Crippen molar-refractivity contribution >= 4 is 5.91 Å². The van der Waals surface area contributed by atoms with Gasteiger partial charge in [0.25, 0.3) is 0 Å². The maximum Gasteiger partial charge on any atom is 0.220 e. The summed E-state index contributed by atoms with van der Waals surface area (Å²) in [6.07, 6.45) is 3.84. The van der Waals surface area contributed by atoms with Crippen LogP contribution in [0.2, 0.25) is 0 Å². The van der Waals surface area contributed by atoms with Crippen LogP contribution >= 0.6 is 0 Å². The minimum atomic E-state index is 0.153. The smallest absolute Gasteiger partial charge is 0.220 e. The van der Waals surface area contributed by atoms with Crippen molar-refractivity contribution in [2.45, 2.75) is 51.7 Å². The molecule has 1 fully saturated rings. The molecule has 1 heterocycles.